The molecular weight excluding hydrogens is 727 g/mol. The first-order valence-corrected chi connectivity index (χ1v) is 18.2. The third kappa shape index (κ3) is 7.47. The average Bonchev–Trinajstić information content (AvgIpc) is 2.94. The van der Waals surface area contributed by atoms with Crippen molar-refractivity contribution >= 4 is 80.1 Å². The van der Waals surface area contributed by atoms with Crippen molar-refractivity contribution in [3.8, 4) is 0 Å². The summed E-state index contributed by atoms with van der Waals surface area (Å²) in [6.45, 7) is 1.51. The summed E-state index contributed by atoms with van der Waals surface area (Å²) in [7, 11) is -21.1. The number of carbonyl (C=O) groups excluding carboxylic acids is 2. The van der Waals surface area contributed by atoms with E-state index in [4.69, 9.17) is 0 Å². The van der Waals surface area contributed by atoms with Gasteiger partial charge in [0.25, 0.3) is 58.0 Å². The number of nitrogens with one attached hydrogen (secondary N) is 2. The molecule has 19 nitrogen and oxygen atoms in total. The van der Waals surface area contributed by atoms with Gasteiger partial charge in [-0.15, -0.1) is 0 Å². The summed E-state index contributed by atoms with van der Waals surface area (Å²) in [5, 5.41) is 13.8. The number of amides is 2. The number of carbonyl (C=O) groups is 2. The number of benzene rings is 4. The minimum atomic E-state index is -5.45. The van der Waals surface area contributed by atoms with Gasteiger partial charge in [0.05, 0.1) is 32.3 Å². The van der Waals surface area contributed by atoms with Crippen LogP contribution in [0.3, 0.4) is 0 Å². The number of nitro groups is 1. The Morgan fingerprint density at radius 1 is 0.625 bits per heavy atom. The van der Waals surface area contributed by atoms with Crippen molar-refractivity contribution in [2.45, 2.75) is 26.5 Å². The van der Waals surface area contributed by atoms with Crippen molar-refractivity contribution in [1.29, 1.82) is 0 Å². The lowest BCUT2D eigenvalue weighted by Gasteiger charge is -2.17. The van der Waals surface area contributed by atoms with Crippen LogP contribution >= 0.6 is 0 Å². The van der Waals surface area contributed by atoms with Crippen LogP contribution in [0.2, 0.25) is 0 Å². The van der Waals surface area contributed by atoms with E-state index in [2.05, 4.69) is 10.6 Å². The summed E-state index contributed by atoms with van der Waals surface area (Å²) in [6.07, 6.45) is 0. The predicted octanol–water partition coefficient (Wildman–Crippen LogP) is 2.55. The maximum Gasteiger partial charge on any atom is 0.295 e. The standard InChI is InChI=1S/C25H19N3O16S4/c1-12-2-4-15(19(8-12)27-25(30)16-5-3-13(28(31)32)9-21(16)47(39,40)41)24(29)26-18-6-7-20(46(36,37)38)17-10-14(45(33,34)35)11-22(23(17)18)48(42,43)44/h2-11H,1H3,(H,26,29)(H,27,30)(H,33,34,35)(H,36,37,38)(H,39,40,41)(H,42,43,44). The number of anilines is 2. The van der Waals surface area contributed by atoms with E-state index >= 15 is 0 Å². The first-order chi connectivity index (χ1) is 21.9. The van der Waals surface area contributed by atoms with Gasteiger partial charge in [0.15, 0.2) is 0 Å². The molecule has 0 atom stereocenters. The number of non-ortho nitro benzene ring substituents is 1. The molecule has 23 heteroatoms. The SMILES string of the molecule is Cc1ccc(C(=O)Nc2ccc(S(=O)(=O)O)c3cc(S(=O)(=O)O)cc(S(=O)(=O)O)c23)c(NC(=O)c2ccc([N+](=O)[O-])cc2S(=O)(=O)O)c1. The van der Waals surface area contributed by atoms with Gasteiger partial charge in [-0.25, -0.2) is 0 Å². The summed E-state index contributed by atoms with van der Waals surface area (Å²) in [6, 6.07) is 7.75. The molecular formula is C25H19N3O16S4. The molecule has 0 saturated carbocycles. The lowest BCUT2D eigenvalue weighted by Crippen LogP contribution is -2.20. The molecule has 0 aliphatic heterocycles. The van der Waals surface area contributed by atoms with Crippen LogP contribution in [-0.4, -0.2) is 68.6 Å². The quantitative estimate of drug-likeness (QED) is 0.0814. The van der Waals surface area contributed by atoms with E-state index in [0.29, 0.717) is 23.8 Å². The van der Waals surface area contributed by atoms with Crippen LogP contribution in [0, 0.1) is 17.0 Å². The number of nitro benzene ring substituents is 1. The zero-order chi connectivity index (χ0) is 36.1. The molecule has 254 valence electrons. The summed E-state index contributed by atoms with van der Waals surface area (Å²) < 4.78 is 135. The van der Waals surface area contributed by atoms with E-state index in [1.165, 1.54) is 19.1 Å². The normalized spacial score (nSPS) is 12.4. The molecule has 0 radical (unpaired) electrons. The minimum absolute atomic E-state index is 0.255. The summed E-state index contributed by atoms with van der Waals surface area (Å²) in [5.41, 5.74) is -2.49. The Morgan fingerprint density at radius 2 is 1.17 bits per heavy atom. The minimum Gasteiger partial charge on any atom is -0.321 e. The summed E-state index contributed by atoms with van der Waals surface area (Å²) in [4.78, 5) is 32.0. The van der Waals surface area contributed by atoms with Crippen LogP contribution in [0.5, 0.6) is 0 Å². The fourth-order valence-electron chi connectivity index (χ4n) is 4.44. The molecule has 0 aliphatic carbocycles. The third-order valence-corrected chi connectivity index (χ3v) is 9.99. The topological polar surface area (TPSA) is 319 Å². The van der Waals surface area contributed by atoms with Crippen molar-refractivity contribution in [3.05, 3.63) is 87.5 Å². The molecule has 0 saturated heterocycles. The second kappa shape index (κ2) is 12.3. The highest BCUT2D eigenvalue weighted by atomic mass is 32.2. The second-order valence-electron chi connectivity index (χ2n) is 9.75. The number of rotatable bonds is 9. The van der Waals surface area contributed by atoms with Gasteiger partial charge < -0.3 is 10.6 Å². The molecule has 0 spiro atoms. The van der Waals surface area contributed by atoms with Gasteiger partial charge in [-0.3, -0.25) is 37.9 Å². The van der Waals surface area contributed by atoms with Gasteiger partial charge in [-0.2, -0.15) is 33.7 Å². The molecule has 4 rings (SSSR count). The highest BCUT2D eigenvalue weighted by molar-refractivity contribution is 7.87. The van der Waals surface area contributed by atoms with Gasteiger partial charge in [-0.1, -0.05) is 6.07 Å². The summed E-state index contributed by atoms with van der Waals surface area (Å²) in [5.74, 6) is -2.45. The van der Waals surface area contributed by atoms with E-state index in [9.17, 15) is 71.6 Å². The van der Waals surface area contributed by atoms with Crippen LogP contribution in [0.4, 0.5) is 17.1 Å². The van der Waals surface area contributed by atoms with Crippen molar-refractivity contribution in [1.82, 2.24) is 0 Å². The molecule has 0 aromatic heterocycles. The van der Waals surface area contributed by atoms with E-state index in [0.717, 1.165) is 24.3 Å². The number of fused-ring (bicyclic) bond motifs is 1. The molecule has 0 aliphatic rings. The number of aryl methyl sites for hydroxylation is 1. The number of nitrogens with zero attached hydrogens (tertiary/aromatic N) is 1. The monoisotopic (exact) mass is 745 g/mol. The molecule has 4 aromatic carbocycles. The molecule has 4 aromatic rings. The zero-order valence-corrected chi connectivity index (χ0v) is 26.8. The fourth-order valence-corrected chi connectivity index (χ4v) is 7.19. The summed E-state index contributed by atoms with van der Waals surface area (Å²) >= 11 is 0. The molecule has 0 bridgehead atoms. The molecule has 2 amide bonds. The van der Waals surface area contributed by atoms with E-state index in [-0.39, 0.29) is 11.8 Å². The highest BCUT2D eigenvalue weighted by Crippen LogP contribution is 2.37. The molecule has 6 N–H and O–H groups in total. The van der Waals surface area contributed by atoms with Gasteiger partial charge in [-0.05, 0) is 55.0 Å². The van der Waals surface area contributed by atoms with Crippen LogP contribution in [0.1, 0.15) is 26.3 Å². The average molecular weight is 746 g/mol. The molecule has 0 fully saturated rings. The maximum atomic E-state index is 13.5. The van der Waals surface area contributed by atoms with Crippen LogP contribution < -0.4 is 10.6 Å². The molecule has 0 unspecified atom stereocenters. The lowest BCUT2D eigenvalue weighted by atomic mass is 10.1. The van der Waals surface area contributed by atoms with Crippen LogP contribution in [0.15, 0.2) is 80.2 Å². The first-order valence-electron chi connectivity index (χ1n) is 12.4. The van der Waals surface area contributed by atoms with Gasteiger partial charge in [0.1, 0.15) is 14.7 Å². The van der Waals surface area contributed by atoms with Crippen molar-refractivity contribution in [2.24, 2.45) is 0 Å². The van der Waals surface area contributed by atoms with E-state index in [1.54, 1.807) is 0 Å². The maximum absolute atomic E-state index is 13.5. The Bertz CT molecular complexity index is 2530. The zero-order valence-electron chi connectivity index (χ0n) is 23.5. The number of hydrogen-bond acceptors (Lipinski definition) is 12. The van der Waals surface area contributed by atoms with Crippen molar-refractivity contribution < 1.29 is 66.4 Å². The Morgan fingerprint density at radius 3 is 1.71 bits per heavy atom. The first kappa shape index (κ1) is 36.0. The van der Waals surface area contributed by atoms with Gasteiger partial charge >= 0.3 is 0 Å². The predicted molar refractivity (Wildman–Crippen MR) is 163 cm³/mol. The van der Waals surface area contributed by atoms with E-state index < -0.39 is 110 Å². The Kier molecular flexibility index (Phi) is 9.21. The number of hydrogen-bond donors (Lipinski definition) is 6. The molecule has 48 heavy (non-hydrogen) atoms. The van der Waals surface area contributed by atoms with Crippen molar-refractivity contribution in [3.63, 3.8) is 0 Å². The highest BCUT2D eigenvalue weighted by Gasteiger charge is 2.29. The van der Waals surface area contributed by atoms with E-state index in [1.807, 2.05) is 0 Å². The Balaban J connectivity index is 1.88. The van der Waals surface area contributed by atoms with Gasteiger partial charge in [0.2, 0.25) is 0 Å². The van der Waals surface area contributed by atoms with Crippen molar-refractivity contribution in [2.75, 3.05) is 10.6 Å². The fraction of sp³-hybridized carbons (Fsp3) is 0.0400. The Hall–Kier alpha value is -4.88. The van der Waals surface area contributed by atoms with Gasteiger partial charge in [0, 0.05) is 22.9 Å². The Labute approximate surface area is 270 Å². The third-order valence-electron chi connectivity index (χ3n) is 6.48. The van der Waals surface area contributed by atoms with Crippen LogP contribution in [-0.2, 0) is 40.5 Å². The second-order valence-corrected chi connectivity index (χ2v) is 15.3. The largest absolute Gasteiger partial charge is 0.321 e. The molecule has 0 heterocycles. The smallest absolute Gasteiger partial charge is 0.295 e. The van der Waals surface area contributed by atoms with Crippen LogP contribution in [0.25, 0.3) is 10.8 Å². The lowest BCUT2D eigenvalue weighted by molar-refractivity contribution is -0.385.